The van der Waals surface area contributed by atoms with E-state index in [1.165, 1.54) is 25.4 Å². The molecule has 14 nitrogen and oxygen atoms in total. The molecule has 0 unspecified atom stereocenters. The van der Waals surface area contributed by atoms with Gasteiger partial charge in [-0.25, -0.2) is 22.6 Å². The maximum absolute atomic E-state index is 14.9. The van der Waals surface area contributed by atoms with Gasteiger partial charge in [0.05, 0.1) is 18.4 Å². The van der Waals surface area contributed by atoms with E-state index in [-0.39, 0.29) is 48.7 Å². The van der Waals surface area contributed by atoms with Crippen LogP contribution in [0.2, 0.25) is 0 Å². The predicted molar refractivity (Wildman–Crippen MR) is 206 cm³/mol. The molecule has 0 bridgehead atoms. The van der Waals surface area contributed by atoms with E-state index < -0.39 is 91.7 Å². The summed E-state index contributed by atoms with van der Waals surface area (Å²) in [6, 6.07) is 1.34. The van der Waals surface area contributed by atoms with Crippen molar-refractivity contribution in [2.45, 2.75) is 126 Å². The number of methoxy groups -OCH3 is 1. The van der Waals surface area contributed by atoms with Crippen molar-refractivity contribution >= 4 is 44.6 Å². The molecule has 19 heteroatoms. The number of hydrogen-bond acceptors (Lipinski definition) is 10. The van der Waals surface area contributed by atoms with Gasteiger partial charge in [0.1, 0.15) is 23.7 Å². The summed E-state index contributed by atoms with van der Waals surface area (Å²) < 4.78 is 100. The Balaban J connectivity index is 1.36. The molecule has 4 aliphatic rings. The summed E-state index contributed by atoms with van der Waals surface area (Å²) in [7, 11) is -2.80. The highest BCUT2D eigenvalue weighted by atomic mass is 32.2. The Kier molecular flexibility index (Phi) is 11.9. The van der Waals surface area contributed by atoms with E-state index >= 15 is 0 Å². The first kappa shape index (κ1) is 43.9. The lowest BCUT2D eigenvalue weighted by Crippen LogP contribution is -2.60. The van der Waals surface area contributed by atoms with Crippen LogP contribution in [0.3, 0.4) is 0 Å². The normalized spacial score (nSPS) is 29.2. The summed E-state index contributed by atoms with van der Waals surface area (Å²) in [5.74, 6) is -4.66. The molecule has 2 aromatic rings. The van der Waals surface area contributed by atoms with Crippen molar-refractivity contribution in [3.05, 3.63) is 42.4 Å². The molecule has 59 heavy (non-hydrogen) atoms. The number of nitrogens with zero attached hydrogens (tertiary/aromatic N) is 2. The molecule has 2 aliphatic heterocycles. The van der Waals surface area contributed by atoms with E-state index in [0.29, 0.717) is 51.3 Å². The molecule has 1 saturated heterocycles. The molecule has 1 aromatic carbocycles. The van der Waals surface area contributed by atoms with Gasteiger partial charge in [-0.05, 0) is 94.2 Å². The van der Waals surface area contributed by atoms with Gasteiger partial charge in [-0.2, -0.15) is 13.2 Å². The van der Waals surface area contributed by atoms with Gasteiger partial charge in [-0.3, -0.25) is 19.1 Å². The molecule has 1 aromatic heterocycles. The van der Waals surface area contributed by atoms with Crippen LogP contribution in [0.15, 0.2) is 36.5 Å². The van der Waals surface area contributed by atoms with Gasteiger partial charge in [-0.15, -0.1) is 0 Å². The number of aromatic nitrogens is 1. The summed E-state index contributed by atoms with van der Waals surface area (Å²) in [6.45, 7) is 6.33. The van der Waals surface area contributed by atoms with Crippen LogP contribution in [-0.4, -0.2) is 96.0 Å². The van der Waals surface area contributed by atoms with Crippen LogP contribution in [0.1, 0.15) is 86.0 Å². The first-order chi connectivity index (χ1) is 27.6. The second kappa shape index (κ2) is 16.1. The zero-order valence-electron chi connectivity index (χ0n) is 33.8. The minimum Gasteiger partial charge on any atom is -0.494 e. The van der Waals surface area contributed by atoms with Gasteiger partial charge in [-0.1, -0.05) is 32.9 Å². The highest BCUT2D eigenvalue weighted by Gasteiger charge is 2.63. The molecule has 3 heterocycles. The van der Waals surface area contributed by atoms with Gasteiger partial charge in [0.15, 0.2) is 11.6 Å². The van der Waals surface area contributed by atoms with Crippen LogP contribution in [0.4, 0.5) is 22.4 Å². The second-order valence-electron chi connectivity index (χ2n) is 16.9. The minimum atomic E-state index is -4.94. The largest absolute Gasteiger partial charge is 0.494 e. The van der Waals surface area contributed by atoms with Crippen molar-refractivity contribution in [2.24, 2.45) is 17.8 Å². The molecule has 6 rings (SSSR count). The Morgan fingerprint density at radius 1 is 1.12 bits per heavy atom. The topological polar surface area (TPSA) is 182 Å². The lowest BCUT2D eigenvalue weighted by molar-refractivity contribution is -0.244. The summed E-state index contributed by atoms with van der Waals surface area (Å²) >= 11 is 0. The fourth-order valence-corrected chi connectivity index (χ4v) is 9.75. The predicted octanol–water partition coefficient (Wildman–Crippen LogP) is 5.44. The molecule has 2 saturated carbocycles. The summed E-state index contributed by atoms with van der Waals surface area (Å²) in [5.41, 5.74) is -4.60. The van der Waals surface area contributed by atoms with Gasteiger partial charge in [0.2, 0.25) is 33.3 Å². The van der Waals surface area contributed by atoms with Crippen molar-refractivity contribution < 1.29 is 59.4 Å². The molecule has 324 valence electrons. The number of amides is 4. The number of sulfonamides is 1. The van der Waals surface area contributed by atoms with Crippen LogP contribution in [0.5, 0.6) is 11.6 Å². The number of carbonyl (C=O) groups excluding carboxylic acids is 4. The molecule has 0 radical (unpaired) electrons. The monoisotopic (exact) mass is 853 g/mol. The third-order valence-electron chi connectivity index (χ3n) is 12.2. The lowest BCUT2D eigenvalue weighted by Gasteiger charge is -2.34. The molecule has 3 N–H and O–H groups in total. The fraction of sp³-hybridized carbons (Fsp3) is 0.625. The Hall–Kier alpha value is -4.68. The number of benzene rings is 1. The number of fused-ring (bicyclic) bond motifs is 3. The minimum absolute atomic E-state index is 0.0243. The maximum Gasteiger partial charge on any atom is 0.427 e. The van der Waals surface area contributed by atoms with Crippen molar-refractivity contribution in [3.63, 3.8) is 0 Å². The number of allylic oxidation sites excluding steroid dienone is 1. The first-order valence-corrected chi connectivity index (χ1v) is 21.3. The SMILES string of the molecule is CCC1(S(=O)(=O)NC(=O)[C@@]23C[C@H]2/C=C\CC[C@@H](C)C[C@@H](C)[C@H](NC(=O)OC(C)(C)C(F)(F)F)C(=O)N2C[C@H](Oc4nccc5cc(OC)c(F)cc45)C[C@H]2C(=O)N3)CC1. The molecular weight excluding hydrogens is 803 g/mol. The molecular formula is C40H51F4N5O9S. The number of alkyl halides is 3. The van der Waals surface area contributed by atoms with Gasteiger partial charge >= 0.3 is 12.3 Å². The highest BCUT2D eigenvalue weighted by molar-refractivity contribution is 7.91. The number of nitrogens with one attached hydrogen (secondary N) is 3. The van der Waals surface area contributed by atoms with Gasteiger partial charge in [0, 0.05) is 23.9 Å². The number of hydrogen-bond donors (Lipinski definition) is 3. The van der Waals surface area contributed by atoms with Crippen LogP contribution < -0.4 is 24.8 Å². The number of carbonyl (C=O) groups is 4. The van der Waals surface area contributed by atoms with Gasteiger partial charge in [0.25, 0.3) is 5.91 Å². The Bertz CT molecular complexity index is 2130. The molecule has 3 fully saturated rings. The smallest absolute Gasteiger partial charge is 0.427 e. The van der Waals surface area contributed by atoms with Crippen LogP contribution in [0.25, 0.3) is 10.8 Å². The Morgan fingerprint density at radius 2 is 1.83 bits per heavy atom. The third kappa shape index (κ3) is 8.80. The zero-order chi connectivity index (χ0) is 43.3. The van der Waals surface area contributed by atoms with E-state index in [0.717, 1.165) is 4.90 Å². The number of pyridine rings is 1. The van der Waals surface area contributed by atoms with E-state index in [9.17, 15) is 45.2 Å². The van der Waals surface area contributed by atoms with Crippen LogP contribution in [0, 0.1) is 23.6 Å². The fourth-order valence-electron chi connectivity index (χ4n) is 8.09. The maximum atomic E-state index is 14.9. The quantitative estimate of drug-likeness (QED) is 0.217. The summed E-state index contributed by atoms with van der Waals surface area (Å²) in [5, 5.41) is 5.88. The first-order valence-electron chi connectivity index (χ1n) is 19.8. The zero-order valence-corrected chi connectivity index (χ0v) is 34.6. The average Bonchev–Trinajstić information content (AvgIpc) is 4.06. The lowest BCUT2D eigenvalue weighted by atomic mass is 9.88. The standard InChI is InChI=1S/C40H51F4N5O9S/c1-7-38(13-14-38)59(54,55)48-35(52)39-20-25(39)11-9-8-10-22(2)16-23(3)31(46-36(53)58-37(4,5)40(42,43)44)34(51)49-21-26(18-29(49)32(50)47-39)57-33-27-19-28(41)30(56-6)17-24(27)12-15-45-33/h9,11-12,15,17,19,22-23,25-26,29,31H,7-8,10,13-14,16,18,20-21H2,1-6H3,(H,46,53)(H,47,50)(H,48,52)/b11-9-/t22-,23-,25-,26-,29+,31+,39-/m1/s1. The average molecular weight is 854 g/mol. The van der Waals surface area contributed by atoms with E-state index in [1.54, 1.807) is 26.0 Å². The Labute approximate surface area is 340 Å². The van der Waals surface area contributed by atoms with E-state index in [2.05, 4.69) is 20.3 Å². The number of ether oxygens (including phenoxy) is 3. The van der Waals surface area contributed by atoms with Crippen molar-refractivity contribution in [1.82, 2.24) is 25.2 Å². The second-order valence-corrected chi connectivity index (χ2v) is 19.0. The summed E-state index contributed by atoms with van der Waals surface area (Å²) in [6.07, 6.45) is -0.0325. The van der Waals surface area contributed by atoms with Crippen LogP contribution >= 0.6 is 0 Å². The van der Waals surface area contributed by atoms with Crippen molar-refractivity contribution in [1.29, 1.82) is 0 Å². The third-order valence-corrected chi connectivity index (χ3v) is 14.5. The van der Waals surface area contributed by atoms with E-state index in [4.69, 9.17) is 14.2 Å². The number of rotatable bonds is 9. The van der Waals surface area contributed by atoms with Crippen LogP contribution in [-0.2, 0) is 29.1 Å². The van der Waals surface area contributed by atoms with Crippen molar-refractivity contribution in [3.8, 4) is 11.6 Å². The van der Waals surface area contributed by atoms with E-state index in [1.807, 2.05) is 13.0 Å². The number of alkyl carbamates (subject to hydrolysis) is 1. The molecule has 2 aliphatic carbocycles. The van der Waals surface area contributed by atoms with Crippen molar-refractivity contribution in [2.75, 3.05) is 13.7 Å². The summed E-state index contributed by atoms with van der Waals surface area (Å²) in [4.78, 5) is 61.8. The van der Waals surface area contributed by atoms with Gasteiger partial charge < -0.3 is 29.7 Å². The number of halogens is 4. The highest BCUT2D eigenvalue weighted by Crippen LogP contribution is 2.49. The Morgan fingerprint density at radius 3 is 2.47 bits per heavy atom. The molecule has 0 spiro atoms. The molecule has 7 atom stereocenters. The molecule has 4 amide bonds.